The first-order valence-corrected chi connectivity index (χ1v) is 19.6. The molecule has 0 radical (unpaired) electrons. The minimum Gasteiger partial charge on any atom is -0.387 e. The van der Waals surface area contributed by atoms with Crippen molar-refractivity contribution in [3.8, 4) is 0 Å². The van der Waals surface area contributed by atoms with Crippen molar-refractivity contribution in [1.29, 1.82) is 0 Å². The van der Waals surface area contributed by atoms with E-state index in [-0.39, 0.29) is 10.8 Å². The number of hydrogen-bond acceptors (Lipinski definition) is 4. The fourth-order valence-electron chi connectivity index (χ4n) is 8.28. The Kier molecular flexibility index (Phi) is 14.9. The van der Waals surface area contributed by atoms with Gasteiger partial charge in [0, 0.05) is 62.1 Å². The van der Waals surface area contributed by atoms with Crippen molar-refractivity contribution in [2.24, 2.45) is 11.3 Å². The van der Waals surface area contributed by atoms with Crippen LogP contribution >= 0.6 is 0 Å². The zero-order valence-corrected chi connectivity index (χ0v) is 32.0. The summed E-state index contributed by atoms with van der Waals surface area (Å²) in [7, 11) is 0. The number of allylic oxidation sites excluding steroid dienone is 1. The van der Waals surface area contributed by atoms with Crippen molar-refractivity contribution in [2.75, 3.05) is 39.3 Å². The van der Waals surface area contributed by atoms with E-state index in [1.807, 2.05) is 6.20 Å². The first-order chi connectivity index (χ1) is 23.6. The maximum absolute atomic E-state index is 5.53. The molecule has 1 N–H and O–H groups in total. The number of benzene rings is 2. The average molecular weight is 668 g/mol. The summed E-state index contributed by atoms with van der Waals surface area (Å²) in [6.07, 6.45) is 16.9. The summed E-state index contributed by atoms with van der Waals surface area (Å²) >= 11 is 0. The molecule has 1 unspecified atom stereocenters. The molecule has 0 bridgehead atoms. The number of piperidine rings is 1. The van der Waals surface area contributed by atoms with Crippen LogP contribution in [0.25, 0.3) is 0 Å². The fourth-order valence-corrected chi connectivity index (χ4v) is 8.28. The minimum absolute atomic E-state index is 0.00763. The van der Waals surface area contributed by atoms with Gasteiger partial charge in [-0.15, -0.1) is 0 Å². The van der Waals surface area contributed by atoms with Gasteiger partial charge in [0.25, 0.3) is 0 Å². The van der Waals surface area contributed by atoms with Gasteiger partial charge in [-0.2, -0.15) is 0 Å². The van der Waals surface area contributed by atoms with Crippen LogP contribution in [0.2, 0.25) is 0 Å². The van der Waals surface area contributed by atoms with Crippen LogP contribution in [-0.4, -0.2) is 55.2 Å². The highest BCUT2D eigenvalue weighted by Gasteiger charge is 2.40. The summed E-state index contributed by atoms with van der Waals surface area (Å²) in [5.74, 6) is 0.469. The van der Waals surface area contributed by atoms with E-state index in [2.05, 4.69) is 118 Å². The van der Waals surface area contributed by atoms with Gasteiger partial charge in [0.15, 0.2) is 0 Å². The number of fused-ring (bicyclic) bond motifs is 2. The van der Waals surface area contributed by atoms with Crippen LogP contribution in [0.1, 0.15) is 128 Å². The number of rotatable bonds is 16. The van der Waals surface area contributed by atoms with Crippen molar-refractivity contribution >= 4 is 0 Å². The van der Waals surface area contributed by atoms with E-state index in [1.54, 1.807) is 0 Å². The molecular weight excluding hydrogens is 599 g/mol. The zero-order chi connectivity index (χ0) is 35.3. The van der Waals surface area contributed by atoms with E-state index in [9.17, 15) is 0 Å². The molecule has 0 saturated carbocycles. The molecule has 2 aromatic carbocycles. The highest BCUT2D eigenvalue weighted by molar-refractivity contribution is 5.54. The monoisotopic (exact) mass is 668 g/mol. The van der Waals surface area contributed by atoms with Crippen molar-refractivity contribution in [2.45, 2.75) is 123 Å². The fraction of sp³-hybridized carbons (Fsp3) is 0.600. The number of likely N-dealkylation sites (tertiary alicyclic amines) is 1. The number of unbranched alkanes of at least 4 members (excludes halogenated alkanes) is 3. The van der Waals surface area contributed by atoms with Crippen LogP contribution < -0.4 is 5.32 Å². The summed E-state index contributed by atoms with van der Waals surface area (Å²) in [4.78, 5) is 4.75. The van der Waals surface area contributed by atoms with Crippen LogP contribution in [-0.2, 0) is 16.6 Å². The molecule has 2 aliphatic heterocycles. The van der Waals surface area contributed by atoms with Gasteiger partial charge in [-0.05, 0) is 92.2 Å². The molecular formula is C45H69N3O. The summed E-state index contributed by atoms with van der Waals surface area (Å²) < 4.78 is 5.53. The maximum atomic E-state index is 5.53. The van der Waals surface area contributed by atoms with Gasteiger partial charge in [-0.1, -0.05) is 122 Å². The third-order valence-corrected chi connectivity index (χ3v) is 11.0. The van der Waals surface area contributed by atoms with E-state index in [0.29, 0.717) is 12.0 Å². The summed E-state index contributed by atoms with van der Waals surface area (Å²) in [6.45, 7) is 30.4. The molecule has 0 aromatic heterocycles. The Balaban J connectivity index is 0.000000380. The normalized spacial score (nSPS) is 19.6. The van der Waals surface area contributed by atoms with Crippen molar-refractivity contribution < 1.29 is 4.74 Å². The second-order valence-electron chi connectivity index (χ2n) is 16.1. The highest BCUT2D eigenvalue weighted by atomic mass is 16.5. The number of nitrogens with zero attached hydrogens (tertiary/aromatic N) is 2. The van der Waals surface area contributed by atoms with Crippen LogP contribution in [0.4, 0.5) is 0 Å². The Morgan fingerprint density at radius 1 is 0.980 bits per heavy atom. The molecule has 4 heteroatoms. The van der Waals surface area contributed by atoms with Gasteiger partial charge < -0.3 is 19.9 Å². The lowest BCUT2D eigenvalue weighted by atomic mass is 9.64. The average Bonchev–Trinajstić information content (AvgIpc) is 3.63. The second kappa shape index (κ2) is 18.9. The number of nitrogens with one attached hydrogen (secondary N) is 1. The largest absolute Gasteiger partial charge is 0.387 e. The Hall–Kier alpha value is -2.98. The van der Waals surface area contributed by atoms with Crippen LogP contribution in [0.15, 0.2) is 85.9 Å². The molecule has 1 aliphatic carbocycles. The maximum Gasteiger partial charge on any atom is 0.0592 e. The van der Waals surface area contributed by atoms with Gasteiger partial charge in [0.05, 0.1) is 6.10 Å². The van der Waals surface area contributed by atoms with Crippen LogP contribution in [0, 0.1) is 11.3 Å². The quantitative estimate of drug-likeness (QED) is 0.180. The Bertz CT molecular complexity index is 1290. The third kappa shape index (κ3) is 11.0. The molecule has 4 nitrogen and oxygen atoms in total. The molecule has 2 saturated heterocycles. The highest BCUT2D eigenvalue weighted by Crippen LogP contribution is 2.45. The van der Waals surface area contributed by atoms with E-state index < -0.39 is 0 Å². The van der Waals surface area contributed by atoms with Crippen LogP contribution in [0.5, 0.6) is 0 Å². The molecule has 3 aliphatic rings. The SMILES string of the molecule is C=C(NCC1(CCCCCC)c2ccccc2Cc2ccccc21)[C@H]1CCCN(C(=C)CC(C)(C)C)C1.C=CN(CC)CCC1CCCO1. The number of ether oxygens (including phenoxy) is 1. The third-order valence-electron chi connectivity index (χ3n) is 11.0. The standard InChI is InChI=1S/C35H50N2.C10H19NO/c1-7-8-9-14-21-35(32-19-12-10-16-29(32)23-30-17-11-13-20-33(30)35)26-36-28(3)31-18-15-22-37(25-31)27(2)24-34(4,5)6;1-3-11(4-2)8-7-10-6-5-9-12-10/h10-13,16-17,19-20,31,36H,2-3,7-9,14-15,18,21-26H2,1,4-6H3;3,10H,1,4-9H2,2H3/t31-;/m0./s1. The Morgan fingerprint density at radius 2 is 1.67 bits per heavy atom. The lowest BCUT2D eigenvalue weighted by Gasteiger charge is -2.43. The predicted molar refractivity (Wildman–Crippen MR) is 211 cm³/mol. The second-order valence-corrected chi connectivity index (χ2v) is 16.1. The van der Waals surface area contributed by atoms with Crippen molar-refractivity contribution in [3.63, 3.8) is 0 Å². The van der Waals surface area contributed by atoms with E-state index in [0.717, 1.165) is 58.6 Å². The van der Waals surface area contributed by atoms with E-state index >= 15 is 0 Å². The first-order valence-electron chi connectivity index (χ1n) is 19.6. The molecule has 0 amide bonds. The summed E-state index contributed by atoms with van der Waals surface area (Å²) in [5, 5.41) is 3.94. The van der Waals surface area contributed by atoms with Gasteiger partial charge in [-0.3, -0.25) is 0 Å². The molecule has 270 valence electrons. The van der Waals surface area contributed by atoms with Gasteiger partial charge in [0.2, 0.25) is 0 Å². The molecule has 2 fully saturated rings. The summed E-state index contributed by atoms with van der Waals surface area (Å²) in [5.41, 5.74) is 8.79. The minimum atomic E-state index is -0.00763. The molecule has 49 heavy (non-hydrogen) atoms. The summed E-state index contributed by atoms with van der Waals surface area (Å²) in [6, 6.07) is 18.4. The first kappa shape index (κ1) is 38.8. The Morgan fingerprint density at radius 3 is 2.27 bits per heavy atom. The molecule has 5 rings (SSSR count). The van der Waals surface area contributed by atoms with Crippen molar-refractivity contribution in [1.82, 2.24) is 15.1 Å². The lowest BCUT2D eigenvalue weighted by molar-refractivity contribution is 0.0974. The molecule has 2 atom stereocenters. The molecule has 2 heterocycles. The van der Waals surface area contributed by atoms with Crippen LogP contribution in [0.3, 0.4) is 0 Å². The zero-order valence-electron chi connectivity index (χ0n) is 32.0. The topological polar surface area (TPSA) is 27.7 Å². The smallest absolute Gasteiger partial charge is 0.0592 e. The van der Waals surface area contributed by atoms with E-state index in [1.165, 1.54) is 91.4 Å². The lowest BCUT2D eigenvalue weighted by Crippen LogP contribution is -2.44. The van der Waals surface area contributed by atoms with Gasteiger partial charge in [0.1, 0.15) is 0 Å². The molecule has 2 aromatic rings. The molecule has 0 spiro atoms. The Labute approximate surface area is 301 Å². The van der Waals surface area contributed by atoms with Gasteiger partial charge >= 0.3 is 0 Å². The van der Waals surface area contributed by atoms with E-state index in [4.69, 9.17) is 4.74 Å². The van der Waals surface area contributed by atoms with Crippen molar-refractivity contribution in [3.05, 3.63) is 108 Å². The predicted octanol–water partition coefficient (Wildman–Crippen LogP) is 10.6. The van der Waals surface area contributed by atoms with Gasteiger partial charge in [-0.25, -0.2) is 0 Å². The number of hydrogen-bond donors (Lipinski definition) is 1.